The molecular weight excluding hydrogens is 283 g/mol. The lowest BCUT2D eigenvalue weighted by Crippen LogP contribution is -2.07. The molecule has 0 atom stereocenters. The zero-order valence-electron chi connectivity index (χ0n) is 8.34. The van der Waals surface area contributed by atoms with Gasteiger partial charge in [0, 0.05) is 5.02 Å². The highest BCUT2D eigenvalue weighted by Gasteiger charge is 2.17. The molecule has 0 aromatic heterocycles. The van der Waals surface area contributed by atoms with Gasteiger partial charge in [-0.25, -0.2) is 4.79 Å². The molecule has 0 bridgehead atoms. The van der Waals surface area contributed by atoms with Crippen LogP contribution < -0.4 is 4.74 Å². The fourth-order valence-electron chi connectivity index (χ4n) is 1.13. The van der Waals surface area contributed by atoms with Crippen LogP contribution in [0.1, 0.15) is 17.3 Å². The molecule has 0 saturated carbocycles. The van der Waals surface area contributed by atoms with E-state index in [-0.39, 0.29) is 0 Å². The van der Waals surface area contributed by atoms with E-state index in [1.54, 1.807) is 13.0 Å². The lowest BCUT2D eigenvalue weighted by Gasteiger charge is -2.09. The van der Waals surface area contributed by atoms with Crippen molar-refractivity contribution in [3.8, 4) is 5.75 Å². The molecule has 3 nitrogen and oxygen atoms in total. The number of ether oxygens (including phenoxy) is 2. The van der Waals surface area contributed by atoms with Gasteiger partial charge in [-0.15, -0.1) is 0 Å². The number of carbonyl (C=O) groups is 1. The molecule has 1 rings (SSSR count). The first-order valence-electron chi connectivity index (χ1n) is 4.30. The zero-order chi connectivity index (χ0) is 11.4. The topological polar surface area (TPSA) is 35.5 Å². The number of halogens is 2. The number of rotatable bonds is 3. The van der Waals surface area contributed by atoms with Gasteiger partial charge in [-0.1, -0.05) is 11.6 Å². The third-order valence-electron chi connectivity index (χ3n) is 1.71. The third-order valence-corrected chi connectivity index (χ3v) is 2.52. The predicted octanol–water partition coefficient (Wildman–Crippen LogP) is 3.29. The van der Waals surface area contributed by atoms with Crippen molar-refractivity contribution in [2.75, 3.05) is 13.7 Å². The first kappa shape index (κ1) is 12.3. The van der Waals surface area contributed by atoms with Crippen LogP contribution in [-0.4, -0.2) is 19.7 Å². The van der Waals surface area contributed by atoms with Crippen LogP contribution in [0.25, 0.3) is 0 Å². The van der Waals surface area contributed by atoms with Crippen LogP contribution in [0.2, 0.25) is 5.02 Å². The van der Waals surface area contributed by atoms with Crippen molar-refractivity contribution in [2.24, 2.45) is 0 Å². The van der Waals surface area contributed by atoms with Crippen molar-refractivity contribution in [1.29, 1.82) is 0 Å². The summed E-state index contributed by atoms with van der Waals surface area (Å²) in [6.07, 6.45) is 0. The van der Waals surface area contributed by atoms with Crippen LogP contribution in [-0.2, 0) is 4.74 Å². The van der Waals surface area contributed by atoms with Gasteiger partial charge in [0.2, 0.25) is 0 Å². The van der Waals surface area contributed by atoms with E-state index in [2.05, 4.69) is 15.9 Å². The monoisotopic (exact) mass is 292 g/mol. The van der Waals surface area contributed by atoms with Gasteiger partial charge in [-0.05, 0) is 35.0 Å². The largest absolute Gasteiger partial charge is 0.495 e. The Bertz CT molecular complexity index is 379. The molecule has 15 heavy (non-hydrogen) atoms. The molecule has 0 amide bonds. The summed E-state index contributed by atoms with van der Waals surface area (Å²) < 4.78 is 10.6. The average molecular weight is 294 g/mol. The number of methoxy groups -OCH3 is 1. The minimum absolute atomic E-state index is 0.312. The maximum absolute atomic E-state index is 11.5. The number of carbonyl (C=O) groups excluding carboxylic acids is 1. The summed E-state index contributed by atoms with van der Waals surface area (Å²) in [7, 11) is 1.48. The third kappa shape index (κ3) is 2.86. The van der Waals surface area contributed by atoms with E-state index < -0.39 is 5.97 Å². The van der Waals surface area contributed by atoms with Gasteiger partial charge in [0.05, 0.1) is 18.2 Å². The van der Waals surface area contributed by atoms with E-state index in [0.29, 0.717) is 27.4 Å². The fourth-order valence-corrected chi connectivity index (χ4v) is 2.10. The Kier molecular flexibility index (Phi) is 4.42. The first-order chi connectivity index (χ1) is 7.10. The van der Waals surface area contributed by atoms with Crippen LogP contribution in [0.3, 0.4) is 0 Å². The molecule has 0 aliphatic carbocycles. The summed E-state index contributed by atoms with van der Waals surface area (Å²) in [6.45, 7) is 2.05. The van der Waals surface area contributed by atoms with E-state index in [0.717, 1.165) is 0 Å². The molecule has 0 N–H and O–H groups in total. The summed E-state index contributed by atoms with van der Waals surface area (Å²) in [6, 6.07) is 3.17. The molecule has 0 fully saturated rings. The Morgan fingerprint density at radius 1 is 1.53 bits per heavy atom. The van der Waals surface area contributed by atoms with Crippen LogP contribution in [0.4, 0.5) is 0 Å². The van der Waals surface area contributed by atoms with E-state index in [1.165, 1.54) is 13.2 Å². The Morgan fingerprint density at radius 3 is 2.73 bits per heavy atom. The van der Waals surface area contributed by atoms with Gasteiger partial charge in [0.15, 0.2) is 0 Å². The molecule has 0 radical (unpaired) electrons. The minimum Gasteiger partial charge on any atom is -0.495 e. The second-order valence-electron chi connectivity index (χ2n) is 2.69. The lowest BCUT2D eigenvalue weighted by molar-refractivity contribution is 0.0522. The second kappa shape index (κ2) is 5.37. The Balaban J connectivity index is 3.20. The number of benzene rings is 1. The van der Waals surface area contributed by atoms with Gasteiger partial charge in [0.25, 0.3) is 0 Å². The molecule has 1 aromatic rings. The molecule has 0 spiro atoms. The minimum atomic E-state index is -0.447. The number of hydrogen-bond acceptors (Lipinski definition) is 3. The van der Waals surface area contributed by atoms with Crippen LogP contribution >= 0.6 is 27.5 Å². The van der Waals surface area contributed by atoms with Gasteiger partial charge < -0.3 is 9.47 Å². The van der Waals surface area contributed by atoms with E-state index in [1.807, 2.05) is 0 Å². The summed E-state index contributed by atoms with van der Waals surface area (Å²) in [4.78, 5) is 11.5. The molecule has 5 heteroatoms. The van der Waals surface area contributed by atoms with Crippen LogP contribution in [0.15, 0.2) is 16.6 Å². The van der Waals surface area contributed by atoms with E-state index in [9.17, 15) is 4.79 Å². The Labute approximate surface area is 101 Å². The molecule has 0 saturated heterocycles. The van der Waals surface area contributed by atoms with Gasteiger partial charge in [-0.2, -0.15) is 0 Å². The van der Waals surface area contributed by atoms with Crippen molar-refractivity contribution in [1.82, 2.24) is 0 Å². The highest BCUT2D eigenvalue weighted by atomic mass is 79.9. The molecule has 0 aliphatic heterocycles. The standard InChI is InChI=1S/C10H10BrClO3/c1-3-15-10(13)7-4-6(12)5-8(11)9(7)14-2/h4-5H,3H2,1-2H3. The summed E-state index contributed by atoms with van der Waals surface area (Å²) in [5.41, 5.74) is 0.318. The molecule has 0 aliphatic rings. The van der Waals surface area contributed by atoms with Crippen molar-refractivity contribution in [2.45, 2.75) is 6.92 Å². The summed E-state index contributed by atoms with van der Waals surface area (Å²) >= 11 is 9.09. The van der Waals surface area contributed by atoms with Crippen molar-refractivity contribution >= 4 is 33.5 Å². The summed E-state index contributed by atoms with van der Waals surface area (Å²) in [5, 5.41) is 0.450. The van der Waals surface area contributed by atoms with Crippen molar-refractivity contribution < 1.29 is 14.3 Å². The normalized spacial score (nSPS) is 9.87. The Morgan fingerprint density at radius 2 is 2.20 bits per heavy atom. The summed E-state index contributed by atoms with van der Waals surface area (Å²) in [5.74, 6) is -0.0181. The average Bonchev–Trinajstić information content (AvgIpc) is 2.17. The lowest BCUT2D eigenvalue weighted by atomic mass is 10.2. The molecule has 1 aromatic carbocycles. The first-order valence-corrected chi connectivity index (χ1v) is 5.47. The van der Waals surface area contributed by atoms with Crippen LogP contribution in [0, 0.1) is 0 Å². The molecule has 82 valence electrons. The maximum atomic E-state index is 11.5. The fraction of sp³-hybridized carbons (Fsp3) is 0.300. The quantitative estimate of drug-likeness (QED) is 0.802. The Hall–Kier alpha value is -0.740. The van der Waals surface area contributed by atoms with Gasteiger partial charge >= 0.3 is 5.97 Å². The second-order valence-corrected chi connectivity index (χ2v) is 3.98. The van der Waals surface area contributed by atoms with Crippen molar-refractivity contribution in [3.63, 3.8) is 0 Å². The molecule has 0 heterocycles. The van der Waals surface area contributed by atoms with Gasteiger partial charge in [0.1, 0.15) is 11.3 Å². The number of hydrogen-bond donors (Lipinski definition) is 0. The predicted molar refractivity (Wildman–Crippen MR) is 61.7 cm³/mol. The number of esters is 1. The van der Waals surface area contributed by atoms with Crippen molar-refractivity contribution in [3.05, 3.63) is 27.2 Å². The highest BCUT2D eigenvalue weighted by Crippen LogP contribution is 2.32. The van der Waals surface area contributed by atoms with Gasteiger partial charge in [-0.3, -0.25) is 0 Å². The molecular formula is C10H10BrClO3. The highest BCUT2D eigenvalue weighted by molar-refractivity contribution is 9.10. The molecule has 0 unspecified atom stereocenters. The maximum Gasteiger partial charge on any atom is 0.342 e. The van der Waals surface area contributed by atoms with E-state index >= 15 is 0 Å². The van der Waals surface area contributed by atoms with Crippen LogP contribution in [0.5, 0.6) is 5.75 Å². The zero-order valence-corrected chi connectivity index (χ0v) is 10.7. The smallest absolute Gasteiger partial charge is 0.342 e. The van der Waals surface area contributed by atoms with E-state index in [4.69, 9.17) is 21.1 Å². The SMILES string of the molecule is CCOC(=O)c1cc(Cl)cc(Br)c1OC.